The lowest BCUT2D eigenvalue weighted by atomic mass is 9.76. The highest BCUT2D eigenvalue weighted by Crippen LogP contribution is 2.49. The Morgan fingerprint density at radius 2 is 1.85 bits per heavy atom. The third-order valence-corrected chi connectivity index (χ3v) is 4.54. The fourth-order valence-corrected chi connectivity index (χ4v) is 3.25. The quantitative estimate of drug-likeness (QED) is 0.915. The normalized spacial score (nSPS) is 22.6. The highest BCUT2D eigenvalue weighted by atomic mass is 19.1. The van der Waals surface area contributed by atoms with E-state index < -0.39 is 11.9 Å². The molecule has 0 aliphatic heterocycles. The Bertz CT molecular complexity index is 485. The molecule has 0 radical (unpaired) electrons. The summed E-state index contributed by atoms with van der Waals surface area (Å²) in [5, 5.41) is 10.6. The molecule has 1 fully saturated rings. The molecule has 1 aromatic carbocycles. The first kappa shape index (κ1) is 15.1. The summed E-state index contributed by atoms with van der Waals surface area (Å²) in [4.78, 5) is 0. The molecule has 1 N–H and O–H groups in total. The molecule has 3 nitrogen and oxygen atoms in total. The van der Waals surface area contributed by atoms with Crippen LogP contribution in [-0.2, 0) is 0 Å². The summed E-state index contributed by atoms with van der Waals surface area (Å²) in [5.74, 6) is 0.401. The molecular formula is C16H23FO3. The fraction of sp³-hybridized carbons (Fsp3) is 0.625. The number of aliphatic hydroxyl groups excluding tert-OH is 1. The zero-order chi connectivity index (χ0) is 14.9. The Morgan fingerprint density at radius 3 is 2.35 bits per heavy atom. The topological polar surface area (TPSA) is 38.7 Å². The number of ether oxygens (including phenoxy) is 2. The molecule has 1 saturated carbocycles. The molecule has 0 bridgehead atoms. The molecule has 2 unspecified atom stereocenters. The summed E-state index contributed by atoms with van der Waals surface area (Å²) >= 11 is 0. The lowest BCUT2D eigenvalue weighted by Gasteiger charge is -2.31. The van der Waals surface area contributed by atoms with E-state index >= 15 is 0 Å². The van der Waals surface area contributed by atoms with Crippen LogP contribution >= 0.6 is 0 Å². The number of benzene rings is 1. The van der Waals surface area contributed by atoms with Crippen LogP contribution in [0.1, 0.15) is 44.8 Å². The van der Waals surface area contributed by atoms with E-state index in [1.807, 2.05) is 0 Å². The van der Waals surface area contributed by atoms with E-state index in [9.17, 15) is 9.50 Å². The van der Waals surface area contributed by atoms with Crippen molar-refractivity contribution in [1.29, 1.82) is 0 Å². The van der Waals surface area contributed by atoms with E-state index in [1.54, 1.807) is 6.07 Å². The van der Waals surface area contributed by atoms with Crippen LogP contribution in [0.3, 0.4) is 0 Å². The molecule has 0 saturated heterocycles. The predicted octanol–water partition coefficient (Wildman–Crippen LogP) is 3.70. The van der Waals surface area contributed by atoms with Crippen LogP contribution in [0.25, 0.3) is 0 Å². The standard InChI is InChI=1S/C16H23FO3/c1-16(2)7-5-6-11(16)15(18)10-8-13(19-3)14(20-4)9-12(10)17/h8-9,11,15,18H,5-7H2,1-4H3. The molecule has 112 valence electrons. The van der Waals surface area contributed by atoms with Gasteiger partial charge < -0.3 is 14.6 Å². The minimum atomic E-state index is -0.813. The van der Waals surface area contributed by atoms with Gasteiger partial charge in [0, 0.05) is 11.6 Å². The number of hydrogen-bond donors (Lipinski definition) is 1. The Balaban J connectivity index is 2.37. The third-order valence-electron chi connectivity index (χ3n) is 4.54. The maximum absolute atomic E-state index is 14.2. The SMILES string of the molecule is COc1cc(F)c(C(O)C2CCCC2(C)C)cc1OC. The average molecular weight is 282 g/mol. The Kier molecular flexibility index (Phi) is 4.23. The van der Waals surface area contributed by atoms with Gasteiger partial charge in [-0.3, -0.25) is 0 Å². The number of methoxy groups -OCH3 is 2. The molecule has 0 heterocycles. The van der Waals surface area contributed by atoms with Gasteiger partial charge in [0.15, 0.2) is 11.5 Å². The van der Waals surface area contributed by atoms with E-state index in [1.165, 1.54) is 20.3 Å². The molecule has 2 rings (SSSR count). The number of rotatable bonds is 4. The van der Waals surface area contributed by atoms with Crippen molar-refractivity contribution in [1.82, 2.24) is 0 Å². The first-order valence-electron chi connectivity index (χ1n) is 7.00. The summed E-state index contributed by atoms with van der Waals surface area (Å²) in [5.41, 5.74) is 0.321. The van der Waals surface area contributed by atoms with E-state index in [4.69, 9.17) is 9.47 Å². The van der Waals surface area contributed by atoms with E-state index in [-0.39, 0.29) is 11.3 Å². The number of aliphatic hydroxyl groups is 1. The summed E-state index contributed by atoms with van der Waals surface area (Å²) in [6.07, 6.45) is 2.24. The molecule has 1 aromatic rings. The van der Waals surface area contributed by atoms with Crippen LogP contribution in [0.2, 0.25) is 0 Å². The van der Waals surface area contributed by atoms with Crippen LogP contribution in [0.15, 0.2) is 12.1 Å². The van der Waals surface area contributed by atoms with Gasteiger partial charge in [-0.1, -0.05) is 20.3 Å². The molecule has 2 atom stereocenters. The lowest BCUT2D eigenvalue weighted by Crippen LogP contribution is -2.24. The maximum atomic E-state index is 14.2. The first-order valence-corrected chi connectivity index (χ1v) is 7.00. The minimum absolute atomic E-state index is 0.0268. The highest BCUT2D eigenvalue weighted by molar-refractivity contribution is 5.44. The van der Waals surface area contributed by atoms with Crippen LogP contribution in [0, 0.1) is 17.2 Å². The monoisotopic (exact) mass is 282 g/mol. The molecule has 1 aliphatic carbocycles. The smallest absolute Gasteiger partial charge is 0.163 e. The van der Waals surface area contributed by atoms with E-state index in [0.29, 0.717) is 17.1 Å². The number of halogens is 1. The zero-order valence-electron chi connectivity index (χ0n) is 12.6. The maximum Gasteiger partial charge on any atom is 0.163 e. The highest BCUT2D eigenvalue weighted by Gasteiger charge is 2.40. The molecule has 20 heavy (non-hydrogen) atoms. The zero-order valence-corrected chi connectivity index (χ0v) is 12.6. The molecule has 4 heteroatoms. The van der Waals surface area contributed by atoms with Crippen molar-refractivity contribution in [3.05, 3.63) is 23.5 Å². The van der Waals surface area contributed by atoms with Gasteiger partial charge in [-0.15, -0.1) is 0 Å². The van der Waals surface area contributed by atoms with Crippen LogP contribution in [0.5, 0.6) is 11.5 Å². The van der Waals surface area contributed by atoms with Gasteiger partial charge >= 0.3 is 0 Å². The molecule has 0 spiro atoms. The van der Waals surface area contributed by atoms with Crippen molar-refractivity contribution >= 4 is 0 Å². The van der Waals surface area contributed by atoms with Crippen molar-refractivity contribution in [2.45, 2.75) is 39.2 Å². The third kappa shape index (κ3) is 2.62. The fourth-order valence-electron chi connectivity index (χ4n) is 3.25. The van der Waals surface area contributed by atoms with E-state index in [2.05, 4.69) is 13.8 Å². The second-order valence-electron chi connectivity index (χ2n) is 6.16. The lowest BCUT2D eigenvalue weighted by molar-refractivity contribution is 0.0502. The summed E-state index contributed by atoms with van der Waals surface area (Å²) in [6, 6.07) is 2.83. The van der Waals surface area contributed by atoms with Gasteiger partial charge in [0.05, 0.1) is 20.3 Å². The van der Waals surface area contributed by atoms with Crippen molar-refractivity contribution < 1.29 is 19.0 Å². The molecular weight excluding hydrogens is 259 g/mol. The predicted molar refractivity (Wildman–Crippen MR) is 75.6 cm³/mol. The summed E-state index contributed by atoms with van der Waals surface area (Å²) in [7, 11) is 2.97. The second-order valence-corrected chi connectivity index (χ2v) is 6.16. The minimum Gasteiger partial charge on any atom is -0.493 e. The van der Waals surface area contributed by atoms with Gasteiger partial charge in [0.2, 0.25) is 0 Å². The van der Waals surface area contributed by atoms with Gasteiger partial charge in [0.25, 0.3) is 0 Å². The van der Waals surface area contributed by atoms with Gasteiger partial charge in [-0.05, 0) is 30.2 Å². The second kappa shape index (κ2) is 5.60. The van der Waals surface area contributed by atoms with Crippen molar-refractivity contribution in [2.24, 2.45) is 11.3 Å². The number of hydrogen-bond acceptors (Lipinski definition) is 3. The van der Waals surface area contributed by atoms with Gasteiger partial charge in [0.1, 0.15) is 5.82 Å². The molecule has 0 amide bonds. The van der Waals surface area contributed by atoms with Crippen LogP contribution in [0.4, 0.5) is 4.39 Å². The van der Waals surface area contributed by atoms with Gasteiger partial charge in [-0.25, -0.2) is 4.39 Å². The van der Waals surface area contributed by atoms with Crippen molar-refractivity contribution in [2.75, 3.05) is 14.2 Å². The van der Waals surface area contributed by atoms with Crippen molar-refractivity contribution in [3.63, 3.8) is 0 Å². The van der Waals surface area contributed by atoms with Crippen LogP contribution < -0.4 is 9.47 Å². The average Bonchev–Trinajstić information content (AvgIpc) is 2.77. The Morgan fingerprint density at radius 1 is 1.25 bits per heavy atom. The molecule has 1 aliphatic rings. The molecule has 0 aromatic heterocycles. The summed E-state index contributed by atoms with van der Waals surface area (Å²) < 4.78 is 24.5. The Labute approximate surface area is 119 Å². The Hall–Kier alpha value is -1.29. The van der Waals surface area contributed by atoms with Gasteiger partial charge in [-0.2, -0.15) is 0 Å². The van der Waals surface area contributed by atoms with Crippen molar-refractivity contribution in [3.8, 4) is 11.5 Å². The van der Waals surface area contributed by atoms with E-state index in [0.717, 1.165) is 19.3 Å². The summed E-state index contributed by atoms with van der Waals surface area (Å²) in [6.45, 7) is 4.26. The van der Waals surface area contributed by atoms with Crippen LogP contribution in [-0.4, -0.2) is 19.3 Å². The first-order chi connectivity index (χ1) is 9.40. The largest absolute Gasteiger partial charge is 0.493 e.